The van der Waals surface area contributed by atoms with Crippen LogP contribution in [0.5, 0.6) is 0 Å². The quantitative estimate of drug-likeness (QED) is 0.250. The van der Waals surface area contributed by atoms with Crippen LogP contribution >= 0.6 is 11.6 Å². The third-order valence-corrected chi connectivity index (χ3v) is 3.66. The molecule has 0 radical (unpaired) electrons. The number of esters is 2. The van der Waals surface area contributed by atoms with Crippen molar-refractivity contribution in [2.45, 2.75) is 52.1 Å². The summed E-state index contributed by atoms with van der Waals surface area (Å²) in [6, 6.07) is 4.10. The van der Waals surface area contributed by atoms with Crippen molar-refractivity contribution in [1.29, 1.82) is 0 Å². The summed E-state index contributed by atoms with van der Waals surface area (Å²) in [5.41, 5.74) is 0.0213. The monoisotopic (exact) mass is 371 g/mol. The molecule has 0 amide bonds. The van der Waals surface area contributed by atoms with Crippen molar-refractivity contribution in [3.63, 3.8) is 0 Å². The minimum Gasteiger partial charge on any atom is -0.466 e. The number of ether oxygens (including phenoxy) is 2. The Balaban J connectivity index is 2.31. The van der Waals surface area contributed by atoms with Crippen molar-refractivity contribution in [3.05, 3.63) is 38.9 Å². The highest BCUT2D eigenvalue weighted by Crippen LogP contribution is 2.24. The molecular formula is C17H22ClNO6. The van der Waals surface area contributed by atoms with Crippen LogP contribution in [0.3, 0.4) is 0 Å². The number of nitro groups is 1. The summed E-state index contributed by atoms with van der Waals surface area (Å²) >= 11 is 5.71. The van der Waals surface area contributed by atoms with Gasteiger partial charge in [0.15, 0.2) is 0 Å². The smallest absolute Gasteiger partial charge is 0.306 e. The number of carbonyl (C=O) groups excluding carboxylic acids is 2. The normalized spacial score (nSPS) is 10.3. The molecule has 1 aromatic rings. The van der Waals surface area contributed by atoms with Crippen LogP contribution in [0.25, 0.3) is 0 Å². The Labute approximate surface area is 151 Å². The van der Waals surface area contributed by atoms with E-state index in [2.05, 4.69) is 6.92 Å². The number of unbranched alkanes of at least 4 members (excludes halogenated alkanes) is 3. The third-order valence-electron chi connectivity index (χ3n) is 3.43. The average Bonchev–Trinajstić information content (AvgIpc) is 2.58. The van der Waals surface area contributed by atoms with Gasteiger partial charge in [0, 0.05) is 11.1 Å². The lowest BCUT2D eigenvalue weighted by atomic mass is 10.2. The Morgan fingerprint density at radius 2 is 1.80 bits per heavy atom. The Morgan fingerprint density at radius 3 is 2.44 bits per heavy atom. The van der Waals surface area contributed by atoms with Crippen LogP contribution in [0, 0.1) is 10.1 Å². The van der Waals surface area contributed by atoms with Crippen LogP contribution in [0.2, 0.25) is 5.02 Å². The molecule has 0 N–H and O–H groups in total. The van der Waals surface area contributed by atoms with E-state index in [1.54, 1.807) is 0 Å². The largest absolute Gasteiger partial charge is 0.466 e. The van der Waals surface area contributed by atoms with E-state index >= 15 is 0 Å². The van der Waals surface area contributed by atoms with E-state index in [4.69, 9.17) is 21.1 Å². The van der Waals surface area contributed by atoms with Gasteiger partial charge >= 0.3 is 11.9 Å². The minimum atomic E-state index is -0.618. The third kappa shape index (κ3) is 8.49. The number of rotatable bonds is 11. The molecular weight excluding hydrogens is 350 g/mol. The summed E-state index contributed by atoms with van der Waals surface area (Å²) in [4.78, 5) is 33.5. The highest BCUT2D eigenvalue weighted by Gasteiger charge is 2.16. The molecule has 0 bridgehead atoms. The summed E-state index contributed by atoms with van der Waals surface area (Å²) in [5.74, 6) is -1.07. The minimum absolute atomic E-state index is 0.0741. The lowest BCUT2D eigenvalue weighted by Crippen LogP contribution is -2.11. The van der Waals surface area contributed by atoms with E-state index in [1.165, 1.54) is 18.2 Å². The molecule has 1 aromatic carbocycles. The fourth-order valence-corrected chi connectivity index (χ4v) is 2.22. The Hall–Kier alpha value is -2.15. The lowest BCUT2D eigenvalue weighted by molar-refractivity contribution is -0.385. The fraction of sp³-hybridized carbons (Fsp3) is 0.529. The Kier molecular flexibility index (Phi) is 9.54. The second-order valence-corrected chi connectivity index (χ2v) is 5.91. The van der Waals surface area contributed by atoms with Crippen molar-refractivity contribution in [3.8, 4) is 0 Å². The Morgan fingerprint density at radius 1 is 1.12 bits per heavy atom. The van der Waals surface area contributed by atoms with Gasteiger partial charge in [-0.3, -0.25) is 19.7 Å². The summed E-state index contributed by atoms with van der Waals surface area (Å²) in [5, 5.41) is 11.2. The van der Waals surface area contributed by atoms with Gasteiger partial charge in [0.05, 0.1) is 29.9 Å². The number of benzene rings is 1. The molecule has 0 unspecified atom stereocenters. The number of nitro benzene ring substituents is 1. The molecule has 0 aliphatic rings. The summed E-state index contributed by atoms with van der Waals surface area (Å²) in [6.45, 7) is 2.19. The molecule has 0 fully saturated rings. The van der Waals surface area contributed by atoms with Crippen molar-refractivity contribution >= 4 is 29.2 Å². The molecule has 8 heteroatoms. The van der Waals surface area contributed by atoms with Gasteiger partial charge in [-0.25, -0.2) is 0 Å². The van der Waals surface area contributed by atoms with Crippen LogP contribution < -0.4 is 0 Å². The zero-order chi connectivity index (χ0) is 18.7. The highest BCUT2D eigenvalue weighted by molar-refractivity contribution is 6.30. The van der Waals surface area contributed by atoms with Gasteiger partial charge in [0.2, 0.25) is 0 Å². The van der Waals surface area contributed by atoms with Crippen molar-refractivity contribution in [2.24, 2.45) is 0 Å². The maximum absolute atomic E-state index is 11.7. The van der Waals surface area contributed by atoms with Crippen LogP contribution in [-0.4, -0.2) is 23.5 Å². The van der Waals surface area contributed by atoms with Crippen LogP contribution in [0.15, 0.2) is 18.2 Å². The van der Waals surface area contributed by atoms with E-state index < -0.39 is 16.9 Å². The summed E-state index contributed by atoms with van der Waals surface area (Å²) < 4.78 is 9.99. The highest BCUT2D eigenvalue weighted by atomic mass is 35.5. The predicted octanol–water partition coefficient (Wildman–Crippen LogP) is 4.20. The van der Waals surface area contributed by atoms with Gasteiger partial charge in [-0.2, -0.15) is 0 Å². The molecule has 0 saturated heterocycles. The first kappa shape index (κ1) is 20.9. The maximum Gasteiger partial charge on any atom is 0.306 e. The number of carbonyl (C=O) groups is 2. The van der Waals surface area contributed by atoms with E-state index in [0.29, 0.717) is 6.61 Å². The van der Waals surface area contributed by atoms with E-state index in [9.17, 15) is 19.7 Å². The zero-order valence-electron chi connectivity index (χ0n) is 14.2. The topological polar surface area (TPSA) is 95.7 Å². The van der Waals surface area contributed by atoms with Crippen LogP contribution in [0.4, 0.5) is 5.69 Å². The van der Waals surface area contributed by atoms with E-state index in [-0.39, 0.29) is 35.7 Å². The summed E-state index contributed by atoms with van der Waals surface area (Å²) in [7, 11) is 0. The molecule has 1 rings (SSSR count). The number of halogens is 1. The maximum atomic E-state index is 11.7. The number of nitrogens with zero attached hydrogens (tertiary/aromatic N) is 1. The van der Waals surface area contributed by atoms with Crippen LogP contribution in [-0.2, 0) is 25.7 Å². The molecule has 0 heterocycles. The fourth-order valence-electron chi connectivity index (χ4n) is 2.05. The van der Waals surface area contributed by atoms with Gasteiger partial charge in [-0.05, 0) is 18.6 Å². The molecule has 0 spiro atoms. The molecule has 0 saturated carbocycles. The molecule has 0 atom stereocenters. The number of hydrogen-bond donors (Lipinski definition) is 0. The average molecular weight is 372 g/mol. The van der Waals surface area contributed by atoms with Gasteiger partial charge in [-0.1, -0.05) is 37.8 Å². The second kappa shape index (κ2) is 11.4. The van der Waals surface area contributed by atoms with Crippen LogP contribution in [0.1, 0.15) is 51.0 Å². The molecule has 0 aliphatic carbocycles. The molecule has 0 aromatic heterocycles. The van der Waals surface area contributed by atoms with Crippen molar-refractivity contribution in [2.75, 3.05) is 6.61 Å². The SMILES string of the molecule is CCCCCCOC(=O)CCC(=O)OCc1ccc(Cl)cc1[N+](=O)[O-]. The van der Waals surface area contributed by atoms with Gasteiger partial charge in [-0.15, -0.1) is 0 Å². The van der Waals surface area contributed by atoms with E-state index in [1.807, 2.05) is 0 Å². The lowest BCUT2D eigenvalue weighted by Gasteiger charge is -2.07. The first-order valence-corrected chi connectivity index (χ1v) is 8.56. The molecule has 7 nitrogen and oxygen atoms in total. The molecule has 0 aliphatic heterocycles. The van der Waals surface area contributed by atoms with Gasteiger partial charge in [0.1, 0.15) is 6.61 Å². The van der Waals surface area contributed by atoms with Gasteiger partial charge in [0.25, 0.3) is 5.69 Å². The van der Waals surface area contributed by atoms with E-state index in [0.717, 1.165) is 25.7 Å². The van der Waals surface area contributed by atoms with Gasteiger partial charge < -0.3 is 9.47 Å². The number of hydrogen-bond acceptors (Lipinski definition) is 6. The Bertz CT molecular complexity index is 605. The predicted molar refractivity (Wildman–Crippen MR) is 92.2 cm³/mol. The van der Waals surface area contributed by atoms with Crippen molar-refractivity contribution in [1.82, 2.24) is 0 Å². The van der Waals surface area contributed by atoms with Crippen molar-refractivity contribution < 1.29 is 24.0 Å². The summed E-state index contributed by atoms with van der Waals surface area (Å²) in [6.07, 6.45) is 3.81. The second-order valence-electron chi connectivity index (χ2n) is 5.47. The zero-order valence-corrected chi connectivity index (χ0v) is 14.9. The first-order valence-electron chi connectivity index (χ1n) is 8.18. The standard InChI is InChI=1S/C17H22ClNO6/c1-2-3-4-5-10-24-16(20)8-9-17(21)25-12-13-6-7-14(18)11-15(13)19(22)23/h6-7,11H,2-5,8-10,12H2,1H3. The molecule has 25 heavy (non-hydrogen) atoms. The first-order chi connectivity index (χ1) is 11.9. The molecule has 138 valence electrons.